The first-order valence-corrected chi connectivity index (χ1v) is 17.9. The molecule has 2 aromatic rings. The van der Waals surface area contributed by atoms with Crippen LogP contribution in [0.1, 0.15) is 83.1 Å². The quantitative estimate of drug-likeness (QED) is 0.172. The van der Waals surface area contributed by atoms with E-state index < -0.39 is 15.8 Å². The van der Waals surface area contributed by atoms with E-state index in [0.29, 0.717) is 20.6 Å². The minimum absolute atomic E-state index is 0. The van der Waals surface area contributed by atoms with E-state index in [2.05, 4.69) is 132 Å². The number of hydrogen-bond acceptors (Lipinski definition) is 0. The van der Waals surface area contributed by atoms with Crippen LogP contribution in [0.2, 0.25) is 0 Å². The molecule has 0 amide bonds. The summed E-state index contributed by atoms with van der Waals surface area (Å²) < 4.78 is 0. The molecule has 0 atom stereocenters. The molecule has 0 saturated heterocycles. The molecule has 2 aromatic carbocycles. The monoisotopic (exact) mass is 652 g/mol. The zero-order valence-corrected chi connectivity index (χ0v) is 28.2. The van der Waals surface area contributed by atoms with Crippen LogP contribution in [0.4, 0.5) is 0 Å². The van der Waals surface area contributed by atoms with E-state index in [0.717, 1.165) is 0 Å². The molecule has 32 heavy (non-hydrogen) atoms. The van der Waals surface area contributed by atoms with E-state index >= 15 is 0 Å². The van der Waals surface area contributed by atoms with E-state index in [4.69, 9.17) is 19.1 Å². The Hall–Kier alpha value is 1.32. The van der Waals surface area contributed by atoms with Gasteiger partial charge in [0.15, 0.2) is 0 Å². The van der Waals surface area contributed by atoms with Gasteiger partial charge in [0.2, 0.25) is 0 Å². The van der Waals surface area contributed by atoms with Crippen LogP contribution < -0.4 is 10.6 Å². The minimum Gasteiger partial charge on any atom is 2.00 e. The molecule has 190 valence electrons. The molecule has 6 heteroatoms. The first-order valence-electron chi connectivity index (χ1n) is 10.9. The molecule has 0 aromatic heterocycles. The van der Waals surface area contributed by atoms with Gasteiger partial charge in [0.1, 0.15) is 0 Å². The molecule has 0 radical (unpaired) electrons. The zero-order valence-electron chi connectivity index (χ0n) is 22.0. The SMILES string of the molecule is CC(C)(C)[PH+](c1ccc[cH-]1)C(C)(C)C.CC(C)(C)[PH+](c1ccc[cH-]1)C(C)(C)C.[Cl][Pd][Cl].[Fe+2]. The second kappa shape index (κ2) is 14.8. The third-order valence-electron chi connectivity index (χ3n) is 4.90. The molecule has 0 saturated carbocycles. The Morgan fingerprint density at radius 3 is 0.938 bits per heavy atom. The van der Waals surface area contributed by atoms with Crippen molar-refractivity contribution in [3.05, 3.63) is 48.5 Å². The summed E-state index contributed by atoms with van der Waals surface area (Å²) in [7, 11) is 8.61. The summed E-state index contributed by atoms with van der Waals surface area (Å²) in [5, 5.41) is 4.87. The van der Waals surface area contributed by atoms with E-state index in [1.54, 1.807) is 10.6 Å². The van der Waals surface area contributed by atoms with Crippen molar-refractivity contribution < 1.29 is 33.0 Å². The van der Waals surface area contributed by atoms with Gasteiger partial charge in [-0.15, -0.1) is 12.1 Å². The Kier molecular flexibility index (Phi) is 16.4. The third-order valence-corrected chi connectivity index (χ3v) is 12.7. The predicted molar refractivity (Wildman–Crippen MR) is 151 cm³/mol. The Balaban J connectivity index is 0. The van der Waals surface area contributed by atoms with Gasteiger partial charge in [-0.05, 0) is 93.7 Å². The second-order valence-corrected chi connectivity index (χ2v) is 23.2. The Morgan fingerprint density at radius 2 is 0.812 bits per heavy atom. The Morgan fingerprint density at radius 1 is 0.594 bits per heavy atom. The van der Waals surface area contributed by atoms with Gasteiger partial charge in [-0.1, -0.05) is 0 Å². The molecule has 0 nitrogen and oxygen atoms in total. The molecular weight excluding hydrogens is 607 g/mol. The van der Waals surface area contributed by atoms with Crippen LogP contribution in [-0.4, -0.2) is 20.6 Å². The maximum Gasteiger partial charge on any atom is 2.00 e. The molecule has 0 N–H and O–H groups in total. The van der Waals surface area contributed by atoms with Crippen molar-refractivity contribution in [2.75, 3.05) is 0 Å². The summed E-state index contributed by atoms with van der Waals surface area (Å²) in [6, 6.07) is 17.8. The molecule has 0 fully saturated rings. The smallest absolute Gasteiger partial charge is 2.00 e. The summed E-state index contributed by atoms with van der Waals surface area (Å²) in [6.45, 7) is 28.5. The fourth-order valence-corrected chi connectivity index (χ4v) is 14.1. The van der Waals surface area contributed by atoms with Crippen LogP contribution in [0.3, 0.4) is 0 Å². The number of halogens is 2. The van der Waals surface area contributed by atoms with Gasteiger partial charge in [-0.25, -0.2) is 12.1 Å². The van der Waals surface area contributed by atoms with Gasteiger partial charge >= 0.3 is 52.1 Å². The van der Waals surface area contributed by atoms with E-state index in [9.17, 15) is 0 Å². The van der Waals surface area contributed by atoms with Gasteiger partial charge < -0.3 is 0 Å². The first kappa shape index (κ1) is 35.5. The van der Waals surface area contributed by atoms with Gasteiger partial charge in [0, 0.05) is 15.8 Å². The molecule has 0 aliphatic heterocycles. The van der Waals surface area contributed by atoms with Crippen LogP contribution in [0.5, 0.6) is 0 Å². The molecule has 0 aliphatic rings. The largest absolute Gasteiger partial charge is 2.00 e. The Labute approximate surface area is 229 Å². The average Bonchev–Trinajstić information content (AvgIpc) is 3.16. The zero-order chi connectivity index (χ0) is 24.7. The fraction of sp³-hybridized carbons (Fsp3) is 0.615. The standard InChI is InChI=1S/2C13H22P.2ClH.Fe.Pd/c2*1-12(2,3)14(13(4,5)6)11-9-7-8-10-11;;;;/h2*7-10H,1-6H3;2*1H;;/q2*-1;;;2*+2. The summed E-state index contributed by atoms with van der Waals surface area (Å²) >= 11 is -0.106. The average molecular weight is 654 g/mol. The van der Waals surface area contributed by atoms with Crippen LogP contribution >= 0.6 is 34.9 Å². The van der Waals surface area contributed by atoms with Crippen LogP contribution in [0.15, 0.2) is 48.5 Å². The van der Waals surface area contributed by atoms with Crippen molar-refractivity contribution in [3.63, 3.8) is 0 Å². The van der Waals surface area contributed by atoms with Crippen molar-refractivity contribution in [2.24, 2.45) is 0 Å². The van der Waals surface area contributed by atoms with Crippen LogP contribution in [0.25, 0.3) is 0 Å². The molecule has 0 aliphatic carbocycles. The van der Waals surface area contributed by atoms with Crippen LogP contribution in [0, 0.1) is 0 Å². The van der Waals surface area contributed by atoms with E-state index in [-0.39, 0.29) is 33.0 Å². The number of rotatable bonds is 2. The molecular formula is C26H46Cl2FeP2Pd+2. The van der Waals surface area contributed by atoms with Crippen LogP contribution in [-0.2, 0) is 33.0 Å². The van der Waals surface area contributed by atoms with Crippen molar-refractivity contribution in [1.29, 1.82) is 0 Å². The molecule has 0 spiro atoms. The predicted octanol–water partition coefficient (Wildman–Crippen LogP) is 9.06. The minimum atomic E-state index is -0.510. The van der Waals surface area contributed by atoms with Crippen molar-refractivity contribution in [2.45, 2.75) is 104 Å². The molecule has 0 unspecified atom stereocenters. The third kappa shape index (κ3) is 12.9. The summed E-state index contributed by atoms with van der Waals surface area (Å²) in [5.74, 6) is 0. The maximum atomic E-state index is 4.81. The summed E-state index contributed by atoms with van der Waals surface area (Å²) in [5.41, 5.74) is 0. The fourth-order valence-electron chi connectivity index (χ4n) is 5.06. The number of hydrogen-bond donors (Lipinski definition) is 0. The molecule has 0 heterocycles. The Bertz CT molecular complexity index is 611. The molecule has 0 bridgehead atoms. The summed E-state index contributed by atoms with van der Waals surface area (Å²) in [4.78, 5) is 0. The van der Waals surface area contributed by atoms with Crippen molar-refractivity contribution in [1.82, 2.24) is 0 Å². The van der Waals surface area contributed by atoms with Gasteiger partial charge in [0.25, 0.3) is 0 Å². The first-order chi connectivity index (χ1) is 13.9. The maximum absolute atomic E-state index is 4.81. The summed E-state index contributed by atoms with van der Waals surface area (Å²) in [6.07, 6.45) is 0. The van der Waals surface area contributed by atoms with E-state index in [1.165, 1.54) is 0 Å². The van der Waals surface area contributed by atoms with Gasteiger partial charge in [-0.2, -0.15) is 24.3 Å². The molecule has 2 rings (SSSR count). The topological polar surface area (TPSA) is 0 Å². The van der Waals surface area contributed by atoms with Gasteiger partial charge in [-0.3, -0.25) is 0 Å². The van der Waals surface area contributed by atoms with Gasteiger partial charge in [0.05, 0.1) is 20.6 Å². The van der Waals surface area contributed by atoms with Crippen molar-refractivity contribution in [3.8, 4) is 0 Å². The van der Waals surface area contributed by atoms with E-state index in [1.807, 2.05) is 0 Å². The van der Waals surface area contributed by atoms with Crippen molar-refractivity contribution >= 4 is 45.5 Å². The normalized spacial score (nSPS) is 12.6. The second-order valence-electron chi connectivity index (χ2n) is 12.1.